The van der Waals surface area contributed by atoms with E-state index >= 15 is 0 Å². The van der Waals surface area contributed by atoms with E-state index in [1.165, 1.54) is 31.2 Å². The quantitative estimate of drug-likeness (QED) is 0.912. The summed E-state index contributed by atoms with van der Waals surface area (Å²) in [6.07, 6.45) is 6.88. The molecular formula is C17H18N2O. The van der Waals surface area contributed by atoms with E-state index in [1.807, 2.05) is 18.2 Å². The standard InChI is InChI=1S/C17H18N2O/c20-17(16-7-3-4-12-18-16)19-15-10-8-14(9-11-15)13-5-1-2-6-13/h3-4,7-13H,1-2,5-6H2,(H,19,20). The fraction of sp³-hybridized carbons (Fsp3) is 0.294. The predicted octanol–water partition coefficient (Wildman–Crippen LogP) is 3.99. The van der Waals surface area contributed by atoms with E-state index < -0.39 is 0 Å². The highest BCUT2D eigenvalue weighted by Crippen LogP contribution is 2.34. The number of anilines is 1. The minimum atomic E-state index is -0.167. The predicted molar refractivity (Wildman–Crippen MR) is 79.8 cm³/mol. The maximum Gasteiger partial charge on any atom is 0.274 e. The van der Waals surface area contributed by atoms with Crippen LogP contribution in [0.25, 0.3) is 0 Å². The average molecular weight is 266 g/mol. The van der Waals surface area contributed by atoms with Gasteiger partial charge in [-0.3, -0.25) is 9.78 Å². The van der Waals surface area contributed by atoms with Crippen molar-refractivity contribution in [3.05, 3.63) is 59.9 Å². The molecule has 2 aromatic rings. The van der Waals surface area contributed by atoms with Crippen molar-refractivity contribution in [3.8, 4) is 0 Å². The molecule has 1 N–H and O–H groups in total. The van der Waals surface area contributed by atoms with Crippen molar-refractivity contribution in [1.29, 1.82) is 0 Å². The molecule has 1 aromatic heterocycles. The van der Waals surface area contributed by atoms with E-state index in [0.717, 1.165) is 5.69 Å². The van der Waals surface area contributed by atoms with Crippen LogP contribution in [0.15, 0.2) is 48.7 Å². The maximum absolute atomic E-state index is 12.0. The molecule has 0 aliphatic heterocycles. The fourth-order valence-electron chi connectivity index (χ4n) is 2.79. The number of amides is 1. The Morgan fingerprint density at radius 3 is 2.45 bits per heavy atom. The van der Waals surface area contributed by atoms with Crippen LogP contribution in [0.1, 0.15) is 47.7 Å². The summed E-state index contributed by atoms with van der Waals surface area (Å²) in [5.41, 5.74) is 2.65. The van der Waals surface area contributed by atoms with Crippen LogP contribution < -0.4 is 5.32 Å². The summed E-state index contributed by atoms with van der Waals surface area (Å²) < 4.78 is 0. The lowest BCUT2D eigenvalue weighted by atomic mass is 9.97. The van der Waals surface area contributed by atoms with Gasteiger partial charge in [0, 0.05) is 11.9 Å². The number of carbonyl (C=O) groups excluding carboxylic acids is 1. The first-order chi connectivity index (χ1) is 9.83. The molecule has 0 unspecified atom stereocenters. The molecule has 0 bridgehead atoms. The third-order valence-corrected chi connectivity index (χ3v) is 3.89. The zero-order chi connectivity index (χ0) is 13.8. The third kappa shape index (κ3) is 2.87. The van der Waals surface area contributed by atoms with Crippen LogP contribution in [-0.2, 0) is 0 Å². The molecular weight excluding hydrogens is 248 g/mol. The molecule has 102 valence electrons. The van der Waals surface area contributed by atoms with E-state index in [4.69, 9.17) is 0 Å². The Morgan fingerprint density at radius 1 is 1.05 bits per heavy atom. The molecule has 1 aliphatic carbocycles. The lowest BCUT2D eigenvalue weighted by molar-refractivity contribution is 0.102. The van der Waals surface area contributed by atoms with Crippen molar-refractivity contribution in [3.63, 3.8) is 0 Å². The highest BCUT2D eigenvalue weighted by atomic mass is 16.1. The molecule has 20 heavy (non-hydrogen) atoms. The number of aromatic nitrogens is 1. The summed E-state index contributed by atoms with van der Waals surface area (Å²) in [4.78, 5) is 16.0. The number of nitrogens with zero attached hydrogens (tertiary/aromatic N) is 1. The molecule has 1 amide bonds. The summed E-state index contributed by atoms with van der Waals surface area (Å²) in [6.45, 7) is 0. The zero-order valence-corrected chi connectivity index (χ0v) is 11.4. The van der Waals surface area contributed by atoms with Gasteiger partial charge in [-0.25, -0.2) is 0 Å². The number of benzene rings is 1. The molecule has 1 heterocycles. The zero-order valence-electron chi connectivity index (χ0n) is 11.4. The summed E-state index contributed by atoms with van der Waals surface area (Å²) in [5, 5.41) is 2.87. The van der Waals surface area contributed by atoms with Crippen LogP contribution in [0.5, 0.6) is 0 Å². The molecule has 0 spiro atoms. The molecule has 3 nitrogen and oxygen atoms in total. The van der Waals surface area contributed by atoms with E-state index in [-0.39, 0.29) is 5.91 Å². The Morgan fingerprint density at radius 2 is 1.80 bits per heavy atom. The first-order valence-corrected chi connectivity index (χ1v) is 7.15. The van der Waals surface area contributed by atoms with Gasteiger partial charge in [-0.2, -0.15) is 0 Å². The topological polar surface area (TPSA) is 42.0 Å². The molecule has 0 radical (unpaired) electrons. The average Bonchev–Trinajstić information content (AvgIpc) is 3.03. The fourth-order valence-corrected chi connectivity index (χ4v) is 2.79. The van der Waals surface area contributed by atoms with Crippen molar-refractivity contribution < 1.29 is 4.79 Å². The van der Waals surface area contributed by atoms with E-state index in [0.29, 0.717) is 11.6 Å². The van der Waals surface area contributed by atoms with Crippen LogP contribution in [0.4, 0.5) is 5.69 Å². The molecule has 1 aromatic carbocycles. The molecule has 1 fully saturated rings. The van der Waals surface area contributed by atoms with Crippen molar-refractivity contribution in [2.45, 2.75) is 31.6 Å². The minimum absolute atomic E-state index is 0.167. The second kappa shape index (κ2) is 5.87. The Bertz CT molecular complexity index is 572. The van der Waals surface area contributed by atoms with Crippen molar-refractivity contribution in [2.24, 2.45) is 0 Å². The Kier molecular flexibility index (Phi) is 3.77. The second-order valence-electron chi connectivity index (χ2n) is 5.27. The second-order valence-corrected chi connectivity index (χ2v) is 5.27. The van der Waals surface area contributed by atoms with Crippen LogP contribution in [0, 0.1) is 0 Å². The third-order valence-electron chi connectivity index (χ3n) is 3.89. The maximum atomic E-state index is 12.0. The van der Waals surface area contributed by atoms with Gasteiger partial charge in [0.15, 0.2) is 0 Å². The molecule has 3 heteroatoms. The number of carbonyl (C=O) groups is 1. The highest BCUT2D eigenvalue weighted by Gasteiger charge is 2.16. The number of nitrogens with one attached hydrogen (secondary N) is 1. The Hall–Kier alpha value is -2.16. The van der Waals surface area contributed by atoms with Crippen molar-refractivity contribution in [2.75, 3.05) is 5.32 Å². The first kappa shape index (κ1) is 12.9. The lowest BCUT2D eigenvalue weighted by Crippen LogP contribution is -2.13. The number of rotatable bonds is 3. The summed E-state index contributed by atoms with van der Waals surface area (Å²) >= 11 is 0. The smallest absolute Gasteiger partial charge is 0.274 e. The largest absolute Gasteiger partial charge is 0.321 e. The highest BCUT2D eigenvalue weighted by molar-refractivity contribution is 6.02. The van der Waals surface area contributed by atoms with E-state index in [1.54, 1.807) is 18.3 Å². The number of hydrogen-bond donors (Lipinski definition) is 1. The van der Waals surface area contributed by atoms with Gasteiger partial charge in [-0.05, 0) is 48.6 Å². The van der Waals surface area contributed by atoms with Gasteiger partial charge in [-0.15, -0.1) is 0 Å². The molecule has 0 atom stereocenters. The van der Waals surface area contributed by atoms with Gasteiger partial charge in [-0.1, -0.05) is 31.0 Å². The molecule has 0 saturated heterocycles. The van der Waals surface area contributed by atoms with Gasteiger partial charge >= 0.3 is 0 Å². The van der Waals surface area contributed by atoms with Crippen LogP contribution >= 0.6 is 0 Å². The van der Waals surface area contributed by atoms with E-state index in [9.17, 15) is 4.79 Å². The number of hydrogen-bond acceptors (Lipinski definition) is 2. The summed E-state index contributed by atoms with van der Waals surface area (Å²) in [7, 11) is 0. The first-order valence-electron chi connectivity index (χ1n) is 7.15. The van der Waals surface area contributed by atoms with Crippen molar-refractivity contribution >= 4 is 11.6 Å². The Labute approximate surface area is 119 Å². The lowest BCUT2D eigenvalue weighted by Gasteiger charge is -2.10. The van der Waals surface area contributed by atoms with Crippen LogP contribution in [0.3, 0.4) is 0 Å². The SMILES string of the molecule is O=C(Nc1ccc(C2CCCC2)cc1)c1ccccn1. The van der Waals surface area contributed by atoms with Gasteiger partial charge in [0.25, 0.3) is 5.91 Å². The van der Waals surface area contributed by atoms with Crippen molar-refractivity contribution in [1.82, 2.24) is 4.98 Å². The van der Waals surface area contributed by atoms with Gasteiger partial charge in [0.05, 0.1) is 0 Å². The van der Waals surface area contributed by atoms with Crippen LogP contribution in [0.2, 0.25) is 0 Å². The minimum Gasteiger partial charge on any atom is -0.321 e. The van der Waals surface area contributed by atoms with E-state index in [2.05, 4.69) is 22.4 Å². The summed E-state index contributed by atoms with van der Waals surface area (Å²) in [6, 6.07) is 13.5. The Balaban J connectivity index is 1.67. The monoisotopic (exact) mass is 266 g/mol. The normalized spacial score (nSPS) is 15.2. The van der Waals surface area contributed by atoms with Gasteiger partial charge in [0.1, 0.15) is 5.69 Å². The molecule has 1 aliphatic rings. The number of pyridine rings is 1. The van der Waals surface area contributed by atoms with Gasteiger partial charge in [0.2, 0.25) is 0 Å². The molecule has 3 rings (SSSR count). The van der Waals surface area contributed by atoms with Crippen LogP contribution in [-0.4, -0.2) is 10.9 Å². The summed E-state index contributed by atoms with van der Waals surface area (Å²) in [5.74, 6) is 0.537. The molecule has 1 saturated carbocycles. The van der Waals surface area contributed by atoms with Gasteiger partial charge < -0.3 is 5.32 Å².